The van der Waals surface area contributed by atoms with E-state index in [-0.39, 0.29) is 5.54 Å². The molecule has 2 aromatic rings. The number of ether oxygens (including phenoxy) is 2. The molecular formula is C19H21NO3S. The van der Waals surface area contributed by atoms with E-state index in [1.54, 1.807) is 7.11 Å². The van der Waals surface area contributed by atoms with E-state index in [1.807, 2.05) is 63.2 Å². The van der Waals surface area contributed by atoms with Gasteiger partial charge in [0.1, 0.15) is 12.4 Å². The van der Waals surface area contributed by atoms with Gasteiger partial charge in [0, 0.05) is 11.2 Å². The van der Waals surface area contributed by atoms with Gasteiger partial charge < -0.3 is 14.0 Å². The van der Waals surface area contributed by atoms with Gasteiger partial charge in [-0.3, -0.25) is 0 Å². The van der Waals surface area contributed by atoms with Crippen molar-refractivity contribution in [1.82, 2.24) is 0 Å². The maximum absolute atomic E-state index is 13.1. The highest BCUT2D eigenvalue weighted by Gasteiger charge is 2.31. The van der Waals surface area contributed by atoms with Gasteiger partial charge in [0.05, 0.1) is 18.2 Å². The molecule has 2 aromatic carbocycles. The second-order valence-corrected chi connectivity index (χ2v) is 7.91. The monoisotopic (exact) mass is 343 g/mol. The van der Waals surface area contributed by atoms with Gasteiger partial charge in [-0.15, -0.1) is 0 Å². The molecular weight excluding hydrogens is 322 g/mol. The molecule has 4 nitrogen and oxygen atoms in total. The first-order valence-electron chi connectivity index (χ1n) is 7.79. The predicted molar refractivity (Wildman–Crippen MR) is 95.4 cm³/mol. The average Bonchev–Trinajstić information content (AvgIpc) is 2.94. The molecule has 0 fully saturated rings. The molecule has 0 radical (unpaired) electrons. The number of hydrogen-bond donors (Lipinski definition) is 0. The van der Waals surface area contributed by atoms with E-state index >= 15 is 0 Å². The van der Waals surface area contributed by atoms with E-state index < -0.39 is 11.2 Å². The van der Waals surface area contributed by atoms with E-state index in [4.69, 9.17) is 9.47 Å². The SMILES string of the molecule is COc1ccc([S+]([O-])c2ccc(C)cc2)c(C2=NC(C)(C)CO2)c1. The minimum Gasteiger partial charge on any atom is -0.606 e. The van der Waals surface area contributed by atoms with E-state index in [0.29, 0.717) is 23.1 Å². The third-order valence-corrected chi connectivity index (χ3v) is 5.27. The quantitative estimate of drug-likeness (QED) is 0.795. The molecule has 24 heavy (non-hydrogen) atoms. The van der Waals surface area contributed by atoms with Crippen molar-refractivity contribution < 1.29 is 14.0 Å². The molecule has 5 heteroatoms. The fourth-order valence-electron chi connectivity index (χ4n) is 2.48. The summed E-state index contributed by atoms with van der Waals surface area (Å²) >= 11 is -1.31. The Kier molecular flexibility index (Phi) is 4.56. The van der Waals surface area contributed by atoms with Crippen LogP contribution in [0.1, 0.15) is 25.0 Å². The number of nitrogens with zero attached hydrogens (tertiary/aromatic N) is 1. The summed E-state index contributed by atoms with van der Waals surface area (Å²) in [6, 6.07) is 13.2. The highest BCUT2D eigenvalue weighted by molar-refractivity contribution is 7.91. The first-order valence-corrected chi connectivity index (χ1v) is 8.94. The van der Waals surface area contributed by atoms with E-state index in [2.05, 4.69) is 4.99 Å². The summed E-state index contributed by atoms with van der Waals surface area (Å²) in [6.07, 6.45) is 0. The predicted octanol–water partition coefficient (Wildman–Crippen LogP) is 3.73. The first kappa shape index (κ1) is 16.9. The molecule has 1 unspecified atom stereocenters. The van der Waals surface area contributed by atoms with Crippen molar-refractivity contribution in [1.29, 1.82) is 0 Å². The summed E-state index contributed by atoms with van der Waals surface area (Å²) in [6.45, 7) is 6.54. The van der Waals surface area contributed by atoms with Gasteiger partial charge in [0.2, 0.25) is 5.90 Å². The second kappa shape index (κ2) is 6.49. The zero-order chi connectivity index (χ0) is 17.3. The molecule has 1 aliphatic heterocycles. The van der Waals surface area contributed by atoms with Gasteiger partial charge in [0.15, 0.2) is 9.79 Å². The Hall–Kier alpha value is -1.98. The van der Waals surface area contributed by atoms with Crippen molar-refractivity contribution in [3.05, 3.63) is 53.6 Å². The minimum atomic E-state index is -1.31. The van der Waals surface area contributed by atoms with Crippen LogP contribution in [0.3, 0.4) is 0 Å². The smallest absolute Gasteiger partial charge is 0.222 e. The molecule has 0 N–H and O–H groups in total. The first-order chi connectivity index (χ1) is 11.4. The summed E-state index contributed by atoms with van der Waals surface area (Å²) in [4.78, 5) is 6.05. The molecule has 0 bridgehead atoms. The van der Waals surface area contributed by atoms with Crippen LogP contribution in [0.4, 0.5) is 0 Å². The number of aryl methyl sites for hydroxylation is 1. The van der Waals surface area contributed by atoms with Crippen LogP contribution in [-0.4, -0.2) is 29.7 Å². The number of benzene rings is 2. The molecule has 1 atom stereocenters. The Labute approximate surface area is 145 Å². The molecule has 0 spiro atoms. The van der Waals surface area contributed by atoms with Crippen molar-refractivity contribution in [2.45, 2.75) is 36.1 Å². The molecule has 0 saturated carbocycles. The maximum Gasteiger partial charge on any atom is 0.222 e. The number of aliphatic imine (C=N–C) groups is 1. The second-order valence-electron chi connectivity index (χ2n) is 6.46. The lowest BCUT2D eigenvalue weighted by molar-refractivity contribution is 0.279. The van der Waals surface area contributed by atoms with Crippen LogP contribution >= 0.6 is 0 Å². The van der Waals surface area contributed by atoms with Crippen molar-refractivity contribution in [3.8, 4) is 5.75 Å². The zero-order valence-electron chi connectivity index (χ0n) is 14.3. The van der Waals surface area contributed by atoms with Crippen LogP contribution in [-0.2, 0) is 15.9 Å². The lowest BCUT2D eigenvalue weighted by Gasteiger charge is -2.14. The summed E-state index contributed by atoms with van der Waals surface area (Å²) < 4.78 is 24.1. The molecule has 0 aliphatic carbocycles. The lowest BCUT2D eigenvalue weighted by atomic mass is 10.1. The van der Waals surface area contributed by atoms with Gasteiger partial charge in [-0.25, -0.2) is 4.99 Å². The number of methoxy groups -OCH3 is 1. The summed E-state index contributed by atoms with van der Waals surface area (Å²) in [7, 11) is 1.61. The van der Waals surface area contributed by atoms with Crippen LogP contribution in [0.2, 0.25) is 0 Å². The molecule has 0 aromatic heterocycles. The number of hydrogen-bond acceptors (Lipinski definition) is 4. The molecule has 3 rings (SSSR count). The third kappa shape index (κ3) is 3.42. The van der Waals surface area contributed by atoms with Crippen LogP contribution in [0.5, 0.6) is 5.75 Å². The molecule has 0 amide bonds. The van der Waals surface area contributed by atoms with Crippen LogP contribution in [0.25, 0.3) is 0 Å². The third-order valence-electron chi connectivity index (χ3n) is 3.82. The topological polar surface area (TPSA) is 53.9 Å². The van der Waals surface area contributed by atoms with Crippen molar-refractivity contribution in [2.75, 3.05) is 13.7 Å². The van der Waals surface area contributed by atoms with Crippen molar-refractivity contribution in [2.24, 2.45) is 4.99 Å². The normalized spacial score (nSPS) is 17.1. The summed E-state index contributed by atoms with van der Waals surface area (Å²) in [5.74, 6) is 1.21. The fourth-order valence-corrected chi connectivity index (χ4v) is 3.65. The average molecular weight is 343 g/mol. The van der Waals surface area contributed by atoms with Gasteiger partial charge in [-0.2, -0.15) is 0 Å². The molecule has 1 heterocycles. The minimum absolute atomic E-state index is 0.277. The zero-order valence-corrected chi connectivity index (χ0v) is 15.1. The maximum atomic E-state index is 13.1. The highest BCUT2D eigenvalue weighted by atomic mass is 32.2. The van der Waals surface area contributed by atoms with Gasteiger partial charge in [-0.1, -0.05) is 17.7 Å². The molecule has 1 aliphatic rings. The lowest BCUT2D eigenvalue weighted by Crippen LogP contribution is -2.17. The van der Waals surface area contributed by atoms with E-state index in [1.165, 1.54) is 0 Å². The van der Waals surface area contributed by atoms with Gasteiger partial charge >= 0.3 is 0 Å². The number of rotatable bonds is 4. The summed E-state index contributed by atoms with van der Waals surface area (Å²) in [5.41, 5.74) is 1.58. The fraction of sp³-hybridized carbons (Fsp3) is 0.316. The Bertz CT molecular complexity index is 769. The van der Waals surface area contributed by atoms with Gasteiger partial charge in [-0.05, 0) is 51.1 Å². The highest BCUT2D eigenvalue weighted by Crippen LogP contribution is 2.31. The Balaban J connectivity index is 2.06. The van der Waals surface area contributed by atoms with Gasteiger partial charge in [0.25, 0.3) is 0 Å². The van der Waals surface area contributed by atoms with E-state index in [9.17, 15) is 4.55 Å². The molecule has 126 valence electrons. The van der Waals surface area contributed by atoms with Crippen LogP contribution < -0.4 is 4.74 Å². The van der Waals surface area contributed by atoms with Crippen molar-refractivity contribution in [3.63, 3.8) is 0 Å². The Morgan fingerprint density at radius 3 is 2.46 bits per heavy atom. The van der Waals surface area contributed by atoms with Crippen molar-refractivity contribution >= 4 is 17.1 Å². The Morgan fingerprint density at radius 2 is 1.88 bits per heavy atom. The van der Waals surface area contributed by atoms with E-state index in [0.717, 1.165) is 16.0 Å². The summed E-state index contributed by atoms with van der Waals surface area (Å²) in [5, 5.41) is 0. The Morgan fingerprint density at radius 1 is 1.17 bits per heavy atom. The van der Waals surface area contributed by atoms with Crippen LogP contribution in [0, 0.1) is 6.92 Å². The molecule has 0 saturated heterocycles. The standard InChI is InChI=1S/C19H21NO3S/c1-13-5-8-15(9-6-13)24(21)17-10-7-14(22-4)11-16(17)18-20-19(2,3)12-23-18/h5-11H,12H2,1-4H3. The van der Waals surface area contributed by atoms with Crippen LogP contribution in [0.15, 0.2) is 57.2 Å². The largest absolute Gasteiger partial charge is 0.606 e.